The summed E-state index contributed by atoms with van der Waals surface area (Å²) in [4.78, 5) is 11.5. The minimum absolute atomic E-state index is 0.139. The van der Waals surface area contributed by atoms with Gasteiger partial charge in [-0.3, -0.25) is 4.79 Å². The molecule has 0 saturated carbocycles. The Bertz CT molecular complexity index is 196. The van der Waals surface area contributed by atoms with E-state index in [1.54, 1.807) is 0 Å². The molecular formula is C12H25NO2. The third kappa shape index (κ3) is 6.50. The maximum atomic E-state index is 11.5. The van der Waals surface area contributed by atoms with E-state index in [4.69, 9.17) is 4.74 Å². The highest BCUT2D eigenvalue weighted by atomic mass is 16.5. The lowest BCUT2D eigenvalue weighted by Gasteiger charge is -2.21. The zero-order valence-electron chi connectivity index (χ0n) is 10.9. The Balaban J connectivity index is 3.81. The molecule has 0 fully saturated rings. The zero-order chi connectivity index (χ0) is 12.1. The molecule has 3 nitrogen and oxygen atoms in total. The summed E-state index contributed by atoms with van der Waals surface area (Å²) in [6, 6.07) is 0.680. The molecule has 15 heavy (non-hydrogen) atoms. The second kappa shape index (κ2) is 6.11. The fourth-order valence-corrected chi connectivity index (χ4v) is 1.07. The highest BCUT2D eigenvalue weighted by molar-refractivity contribution is 5.75. The minimum atomic E-state index is -0.407. The van der Waals surface area contributed by atoms with E-state index in [0.717, 1.165) is 6.42 Å². The monoisotopic (exact) mass is 215 g/mol. The van der Waals surface area contributed by atoms with Crippen molar-refractivity contribution in [2.24, 2.45) is 5.41 Å². The number of hydrogen-bond acceptors (Lipinski definition) is 3. The van der Waals surface area contributed by atoms with Crippen molar-refractivity contribution in [3.63, 3.8) is 0 Å². The predicted molar refractivity (Wildman–Crippen MR) is 62.8 cm³/mol. The van der Waals surface area contributed by atoms with Crippen LogP contribution in [0.4, 0.5) is 0 Å². The summed E-state index contributed by atoms with van der Waals surface area (Å²) in [7, 11) is 0. The lowest BCUT2D eigenvalue weighted by Crippen LogP contribution is -2.38. The minimum Gasteiger partial charge on any atom is -0.464 e. The van der Waals surface area contributed by atoms with E-state index in [1.807, 2.05) is 27.7 Å². The van der Waals surface area contributed by atoms with Crippen LogP contribution in [0.15, 0.2) is 0 Å². The van der Waals surface area contributed by atoms with Crippen LogP contribution in [-0.2, 0) is 9.53 Å². The van der Waals surface area contributed by atoms with Gasteiger partial charge in [-0.05, 0) is 41.0 Å². The van der Waals surface area contributed by atoms with Crippen LogP contribution in [-0.4, -0.2) is 24.7 Å². The maximum absolute atomic E-state index is 11.5. The van der Waals surface area contributed by atoms with Crippen LogP contribution in [0.5, 0.6) is 0 Å². The molecule has 0 aliphatic rings. The standard InChI is InChI=1S/C12H25NO2/c1-7-9(2)13-10(3)8-15-11(14)12(4,5)6/h9-10,13H,7-8H2,1-6H3/t9?,10-/m0/s1. The second-order valence-electron chi connectivity index (χ2n) is 5.23. The summed E-state index contributed by atoms with van der Waals surface area (Å²) in [5.41, 5.74) is -0.407. The smallest absolute Gasteiger partial charge is 0.311 e. The highest BCUT2D eigenvalue weighted by Gasteiger charge is 2.23. The number of esters is 1. The van der Waals surface area contributed by atoms with Gasteiger partial charge in [-0.1, -0.05) is 6.92 Å². The largest absolute Gasteiger partial charge is 0.464 e. The van der Waals surface area contributed by atoms with Gasteiger partial charge in [0.05, 0.1) is 5.41 Å². The van der Waals surface area contributed by atoms with Crippen LogP contribution in [0.2, 0.25) is 0 Å². The van der Waals surface area contributed by atoms with Crippen LogP contribution in [0.1, 0.15) is 48.0 Å². The van der Waals surface area contributed by atoms with E-state index in [9.17, 15) is 4.79 Å². The second-order valence-corrected chi connectivity index (χ2v) is 5.23. The summed E-state index contributed by atoms with van der Waals surface area (Å²) >= 11 is 0. The third-order valence-electron chi connectivity index (χ3n) is 2.26. The normalized spacial score (nSPS) is 15.9. The van der Waals surface area contributed by atoms with Crippen molar-refractivity contribution < 1.29 is 9.53 Å². The summed E-state index contributed by atoms with van der Waals surface area (Å²) in [6.07, 6.45) is 1.08. The van der Waals surface area contributed by atoms with Gasteiger partial charge in [0.2, 0.25) is 0 Å². The summed E-state index contributed by atoms with van der Waals surface area (Å²) in [5, 5.41) is 3.36. The Labute approximate surface area is 93.6 Å². The molecule has 0 rings (SSSR count). The van der Waals surface area contributed by atoms with Crippen LogP contribution < -0.4 is 5.32 Å². The number of hydrogen-bond donors (Lipinski definition) is 1. The predicted octanol–water partition coefficient (Wildman–Crippen LogP) is 2.35. The fourth-order valence-electron chi connectivity index (χ4n) is 1.07. The van der Waals surface area contributed by atoms with Gasteiger partial charge in [-0.15, -0.1) is 0 Å². The molecule has 0 aromatic rings. The molecule has 3 heteroatoms. The highest BCUT2D eigenvalue weighted by Crippen LogP contribution is 2.15. The van der Waals surface area contributed by atoms with Gasteiger partial charge < -0.3 is 10.1 Å². The van der Waals surface area contributed by atoms with Gasteiger partial charge in [-0.2, -0.15) is 0 Å². The van der Waals surface area contributed by atoms with Gasteiger partial charge in [0.25, 0.3) is 0 Å². The van der Waals surface area contributed by atoms with Gasteiger partial charge in [0.15, 0.2) is 0 Å². The lowest BCUT2D eigenvalue weighted by atomic mass is 9.97. The molecule has 0 heterocycles. The van der Waals surface area contributed by atoms with Crippen molar-refractivity contribution in [3.8, 4) is 0 Å². The number of rotatable bonds is 5. The Morgan fingerprint density at radius 3 is 2.20 bits per heavy atom. The molecule has 0 bridgehead atoms. The zero-order valence-corrected chi connectivity index (χ0v) is 10.9. The molecule has 0 radical (unpaired) electrons. The van der Waals surface area contributed by atoms with Gasteiger partial charge in [0, 0.05) is 12.1 Å². The molecule has 0 aliphatic heterocycles. The Morgan fingerprint density at radius 2 is 1.80 bits per heavy atom. The number of ether oxygens (including phenoxy) is 1. The summed E-state index contributed by atoms with van der Waals surface area (Å²) in [6.45, 7) is 12.3. The molecule has 2 atom stereocenters. The summed E-state index contributed by atoms with van der Waals surface area (Å²) in [5.74, 6) is -0.139. The Kier molecular flexibility index (Phi) is 5.88. The first-order chi connectivity index (χ1) is 6.77. The lowest BCUT2D eigenvalue weighted by molar-refractivity contribution is -0.153. The Morgan fingerprint density at radius 1 is 1.27 bits per heavy atom. The number of carbonyl (C=O) groups excluding carboxylic acids is 1. The van der Waals surface area contributed by atoms with Crippen molar-refractivity contribution >= 4 is 5.97 Å². The fraction of sp³-hybridized carbons (Fsp3) is 0.917. The first kappa shape index (κ1) is 14.4. The van der Waals surface area contributed by atoms with E-state index in [0.29, 0.717) is 12.6 Å². The molecule has 1 N–H and O–H groups in total. The molecule has 1 unspecified atom stereocenters. The topological polar surface area (TPSA) is 38.3 Å². The van der Waals surface area contributed by atoms with E-state index >= 15 is 0 Å². The van der Waals surface area contributed by atoms with Crippen molar-refractivity contribution in [1.29, 1.82) is 0 Å². The Hall–Kier alpha value is -0.570. The molecule has 0 aliphatic carbocycles. The number of nitrogens with one attached hydrogen (secondary N) is 1. The molecule has 0 spiro atoms. The van der Waals surface area contributed by atoms with Crippen molar-refractivity contribution in [2.75, 3.05) is 6.61 Å². The van der Waals surface area contributed by atoms with E-state index < -0.39 is 5.41 Å². The van der Waals surface area contributed by atoms with Crippen LogP contribution in [0, 0.1) is 5.41 Å². The average molecular weight is 215 g/mol. The van der Waals surface area contributed by atoms with Crippen LogP contribution in [0.25, 0.3) is 0 Å². The summed E-state index contributed by atoms with van der Waals surface area (Å²) < 4.78 is 5.21. The molecular weight excluding hydrogens is 190 g/mol. The van der Waals surface area contributed by atoms with E-state index in [-0.39, 0.29) is 12.0 Å². The first-order valence-electron chi connectivity index (χ1n) is 5.70. The van der Waals surface area contributed by atoms with Gasteiger partial charge >= 0.3 is 5.97 Å². The van der Waals surface area contributed by atoms with Crippen LogP contribution in [0.3, 0.4) is 0 Å². The van der Waals surface area contributed by atoms with E-state index in [2.05, 4.69) is 19.2 Å². The molecule has 0 amide bonds. The SMILES string of the molecule is CCC(C)N[C@@H](C)COC(=O)C(C)(C)C. The first-order valence-corrected chi connectivity index (χ1v) is 5.70. The molecule has 90 valence electrons. The van der Waals surface area contributed by atoms with Crippen LogP contribution >= 0.6 is 0 Å². The van der Waals surface area contributed by atoms with Crippen molar-refractivity contribution in [3.05, 3.63) is 0 Å². The average Bonchev–Trinajstić information content (AvgIpc) is 2.12. The molecule has 0 saturated heterocycles. The quantitative estimate of drug-likeness (QED) is 0.715. The third-order valence-corrected chi connectivity index (χ3v) is 2.26. The maximum Gasteiger partial charge on any atom is 0.311 e. The van der Waals surface area contributed by atoms with Crippen molar-refractivity contribution in [1.82, 2.24) is 5.32 Å². The molecule has 0 aromatic carbocycles. The molecule has 0 aromatic heterocycles. The number of carbonyl (C=O) groups is 1. The van der Waals surface area contributed by atoms with Gasteiger partial charge in [-0.25, -0.2) is 0 Å². The van der Waals surface area contributed by atoms with E-state index in [1.165, 1.54) is 0 Å². The van der Waals surface area contributed by atoms with Crippen molar-refractivity contribution in [2.45, 2.75) is 60.0 Å². The van der Waals surface area contributed by atoms with Gasteiger partial charge in [0.1, 0.15) is 6.61 Å².